The van der Waals surface area contributed by atoms with Gasteiger partial charge in [0.15, 0.2) is 0 Å². The van der Waals surface area contributed by atoms with Crippen molar-refractivity contribution in [3.63, 3.8) is 0 Å². The van der Waals surface area contributed by atoms with E-state index in [1.54, 1.807) is 36.0 Å². The van der Waals surface area contributed by atoms with E-state index in [0.29, 0.717) is 17.9 Å². The van der Waals surface area contributed by atoms with Crippen LogP contribution in [0.3, 0.4) is 0 Å². The predicted octanol–water partition coefficient (Wildman–Crippen LogP) is 3.89. The fourth-order valence-electron chi connectivity index (χ4n) is 3.00. The zero-order valence-electron chi connectivity index (χ0n) is 15.2. The molecule has 0 aliphatic carbocycles. The van der Waals surface area contributed by atoms with E-state index in [-0.39, 0.29) is 11.3 Å². The van der Waals surface area contributed by atoms with Crippen molar-refractivity contribution in [2.75, 3.05) is 11.4 Å². The van der Waals surface area contributed by atoms with Crippen molar-refractivity contribution >= 4 is 11.8 Å². The third-order valence-corrected chi connectivity index (χ3v) is 4.49. The number of para-hydroxylation sites is 1. The molecule has 1 N–H and O–H groups in total. The number of anilines is 1. The maximum absolute atomic E-state index is 12.4. The Bertz CT molecular complexity index is 999. The van der Waals surface area contributed by atoms with Crippen molar-refractivity contribution in [1.29, 1.82) is 0 Å². The number of hydrogen-bond donors (Lipinski definition) is 1. The van der Waals surface area contributed by atoms with Crippen LogP contribution in [0.5, 0.6) is 0 Å². The average Bonchev–Trinajstić information content (AvgIpc) is 2.69. The van der Waals surface area contributed by atoms with E-state index >= 15 is 0 Å². The molecule has 0 spiro atoms. The predicted molar refractivity (Wildman–Crippen MR) is 105 cm³/mol. The number of amides is 1. The monoisotopic (exact) mass is 363 g/mol. The van der Waals surface area contributed by atoms with Crippen molar-refractivity contribution in [3.05, 3.63) is 88.3 Å². The normalized spacial score (nSPS) is 11.8. The van der Waals surface area contributed by atoms with Crippen LogP contribution >= 0.6 is 0 Å². The largest absolute Gasteiger partial charge is 0.465 e. The van der Waals surface area contributed by atoms with E-state index in [1.807, 2.05) is 43.3 Å². The second-order valence-electron chi connectivity index (χ2n) is 6.19. The minimum Gasteiger partial charge on any atom is -0.465 e. The van der Waals surface area contributed by atoms with Gasteiger partial charge in [-0.15, -0.1) is 0 Å². The van der Waals surface area contributed by atoms with Crippen molar-refractivity contribution in [3.8, 4) is 5.69 Å². The summed E-state index contributed by atoms with van der Waals surface area (Å²) in [6.07, 6.45) is 0.639. The Hall–Kier alpha value is -3.41. The topological polar surface area (TPSA) is 75.4 Å². The van der Waals surface area contributed by atoms with Crippen LogP contribution in [-0.4, -0.2) is 27.5 Å². The number of carbonyl (C=O) groups is 1. The summed E-state index contributed by atoms with van der Waals surface area (Å²) in [7, 11) is 0. The van der Waals surface area contributed by atoms with Gasteiger partial charge >= 0.3 is 6.09 Å². The standard InChI is InChI=1S/C21H21N3O3/c1-3-23(21(26)27)18-11-7-8-16(14-18)15(2)20-19(25)12-13-24(22-20)17-9-5-4-6-10-17/h4-15H,3H2,1-2H3,(H,26,27). The van der Waals surface area contributed by atoms with Gasteiger partial charge < -0.3 is 5.11 Å². The lowest BCUT2D eigenvalue weighted by molar-refractivity contribution is 0.202. The minimum absolute atomic E-state index is 0.148. The van der Waals surface area contributed by atoms with Crippen LogP contribution in [0, 0.1) is 0 Å². The molecule has 1 atom stereocenters. The van der Waals surface area contributed by atoms with Gasteiger partial charge in [-0.1, -0.05) is 37.3 Å². The smallest absolute Gasteiger partial charge is 0.411 e. The van der Waals surface area contributed by atoms with Crippen molar-refractivity contribution < 1.29 is 9.90 Å². The van der Waals surface area contributed by atoms with Crippen molar-refractivity contribution in [2.24, 2.45) is 0 Å². The Labute approximate surface area is 157 Å². The highest BCUT2D eigenvalue weighted by Gasteiger charge is 2.18. The quantitative estimate of drug-likeness (QED) is 0.746. The minimum atomic E-state index is -1.01. The van der Waals surface area contributed by atoms with Gasteiger partial charge in [-0.2, -0.15) is 5.10 Å². The van der Waals surface area contributed by atoms with E-state index in [4.69, 9.17) is 0 Å². The van der Waals surface area contributed by atoms with E-state index in [0.717, 1.165) is 11.3 Å². The molecule has 1 aromatic heterocycles. The van der Waals surface area contributed by atoms with Gasteiger partial charge in [-0.25, -0.2) is 9.48 Å². The summed E-state index contributed by atoms with van der Waals surface area (Å²) in [4.78, 5) is 25.1. The summed E-state index contributed by atoms with van der Waals surface area (Å²) in [5, 5.41) is 13.9. The second kappa shape index (κ2) is 7.86. The Kier molecular flexibility index (Phi) is 5.35. The van der Waals surface area contributed by atoms with Gasteiger partial charge in [0.25, 0.3) is 0 Å². The Morgan fingerprint density at radius 2 is 1.89 bits per heavy atom. The molecule has 27 heavy (non-hydrogen) atoms. The molecule has 0 aliphatic rings. The Morgan fingerprint density at radius 3 is 2.56 bits per heavy atom. The molecule has 0 saturated heterocycles. The van der Waals surface area contributed by atoms with Gasteiger partial charge in [0.2, 0.25) is 5.43 Å². The molecule has 2 aromatic carbocycles. The molecular formula is C21H21N3O3. The Balaban J connectivity index is 2.00. The van der Waals surface area contributed by atoms with Crippen LogP contribution in [0.15, 0.2) is 71.7 Å². The first-order chi connectivity index (χ1) is 13.0. The fourth-order valence-corrected chi connectivity index (χ4v) is 3.00. The first-order valence-corrected chi connectivity index (χ1v) is 8.77. The number of hydrogen-bond acceptors (Lipinski definition) is 3. The lowest BCUT2D eigenvalue weighted by Gasteiger charge is -2.19. The molecule has 1 amide bonds. The first kappa shape index (κ1) is 18.4. The number of aromatic nitrogens is 2. The van der Waals surface area contributed by atoms with Crippen LogP contribution in [0.1, 0.15) is 31.0 Å². The molecule has 3 rings (SSSR count). The maximum atomic E-state index is 12.4. The van der Waals surface area contributed by atoms with Gasteiger partial charge in [-0.05, 0) is 36.8 Å². The van der Waals surface area contributed by atoms with E-state index < -0.39 is 6.09 Å². The highest BCUT2D eigenvalue weighted by molar-refractivity contribution is 5.86. The van der Waals surface area contributed by atoms with Crippen LogP contribution < -0.4 is 10.3 Å². The molecule has 0 bridgehead atoms. The molecule has 0 aliphatic heterocycles. The Morgan fingerprint density at radius 1 is 1.15 bits per heavy atom. The molecule has 1 heterocycles. The lowest BCUT2D eigenvalue weighted by atomic mass is 9.96. The summed E-state index contributed by atoms with van der Waals surface area (Å²) in [5.41, 5.74) is 2.54. The molecule has 0 saturated carbocycles. The number of rotatable bonds is 5. The van der Waals surface area contributed by atoms with Gasteiger partial charge in [0.1, 0.15) is 5.69 Å². The highest BCUT2D eigenvalue weighted by atomic mass is 16.4. The average molecular weight is 363 g/mol. The van der Waals surface area contributed by atoms with Gasteiger partial charge in [-0.3, -0.25) is 9.69 Å². The molecule has 0 radical (unpaired) electrons. The number of benzene rings is 2. The van der Waals surface area contributed by atoms with Crippen LogP contribution in [0.25, 0.3) is 5.69 Å². The van der Waals surface area contributed by atoms with E-state index in [2.05, 4.69) is 5.10 Å². The molecule has 6 nitrogen and oxygen atoms in total. The zero-order chi connectivity index (χ0) is 19.4. The summed E-state index contributed by atoms with van der Waals surface area (Å²) >= 11 is 0. The zero-order valence-corrected chi connectivity index (χ0v) is 15.2. The molecular weight excluding hydrogens is 342 g/mol. The summed E-state index contributed by atoms with van der Waals surface area (Å²) in [5.74, 6) is -0.277. The van der Waals surface area contributed by atoms with Crippen LogP contribution in [0.2, 0.25) is 0 Å². The lowest BCUT2D eigenvalue weighted by Crippen LogP contribution is -2.28. The SMILES string of the molecule is CCN(C(=O)O)c1cccc(C(C)c2nn(-c3ccccc3)ccc2=O)c1. The van der Waals surface area contributed by atoms with Crippen LogP contribution in [0.4, 0.5) is 10.5 Å². The van der Waals surface area contributed by atoms with Crippen molar-refractivity contribution in [2.45, 2.75) is 19.8 Å². The fraction of sp³-hybridized carbons (Fsp3) is 0.190. The molecule has 6 heteroatoms. The number of nitrogens with zero attached hydrogens (tertiary/aromatic N) is 3. The third-order valence-electron chi connectivity index (χ3n) is 4.49. The maximum Gasteiger partial charge on any atom is 0.411 e. The third kappa shape index (κ3) is 3.89. The summed E-state index contributed by atoms with van der Waals surface area (Å²) in [6.45, 7) is 4.02. The van der Waals surface area contributed by atoms with Gasteiger partial charge in [0.05, 0.1) is 5.69 Å². The molecule has 1 unspecified atom stereocenters. The van der Waals surface area contributed by atoms with Gasteiger partial charge in [0, 0.05) is 30.4 Å². The molecule has 0 fully saturated rings. The summed E-state index contributed by atoms with van der Waals surface area (Å²) in [6, 6.07) is 18.3. The summed E-state index contributed by atoms with van der Waals surface area (Å²) < 4.78 is 1.67. The highest BCUT2D eigenvalue weighted by Crippen LogP contribution is 2.25. The van der Waals surface area contributed by atoms with E-state index in [1.165, 1.54) is 11.0 Å². The number of carboxylic acid groups (broad SMARTS) is 1. The molecule has 138 valence electrons. The second-order valence-corrected chi connectivity index (χ2v) is 6.19. The molecule has 3 aromatic rings. The van der Waals surface area contributed by atoms with E-state index in [9.17, 15) is 14.7 Å². The van der Waals surface area contributed by atoms with Crippen LogP contribution in [-0.2, 0) is 0 Å². The van der Waals surface area contributed by atoms with Crippen molar-refractivity contribution in [1.82, 2.24) is 9.78 Å². The first-order valence-electron chi connectivity index (χ1n) is 8.77.